The number of hydrogen-bond acceptors (Lipinski definition) is 7. The summed E-state index contributed by atoms with van der Waals surface area (Å²) in [6.45, 7) is 3.12. The number of esters is 1. The number of para-hydroxylation sites is 1. The second kappa shape index (κ2) is 9.63. The van der Waals surface area contributed by atoms with E-state index in [1.807, 2.05) is 6.07 Å². The molecule has 0 aliphatic carbocycles. The molecule has 2 aromatic rings. The Bertz CT molecular complexity index is 908. The molecule has 1 aliphatic heterocycles. The number of piperidine rings is 1. The number of hydrogen-bond donors (Lipinski definition) is 2. The van der Waals surface area contributed by atoms with Crippen LogP contribution in [0, 0.1) is 0 Å². The number of nitrogens with two attached hydrogens (primary N) is 1. The molecule has 1 fully saturated rings. The van der Waals surface area contributed by atoms with Crippen LogP contribution in [0.25, 0.3) is 0 Å². The fourth-order valence-electron chi connectivity index (χ4n) is 3.26. The number of nitrogens with one attached hydrogen (secondary N) is 1. The summed E-state index contributed by atoms with van der Waals surface area (Å²) < 4.78 is 10.3. The number of anilines is 1. The van der Waals surface area contributed by atoms with Crippen LogP contribution in [-0.4, -0.2) is 54.1 Å². The monoisotopic (exact) mass is 398 g/mol. The van der Waals surface area contributed by atoms with Gasteiger partial charge in [-0.2, -0.15) is 5.10 Å². The van der Waals surface area contributed by atoms with E-state index in [1.54, 1.807) is 36.1 Å². The first-order valence-corrected chi connectivity index (χ1v) is 9.48. The molecule has 0 radical (unpaired) electrons. The topological polar surface area (TPSA) is 123 Å². The minimum Gasteiger partial charge on any atom is -0.461 e. The van der Waals surface area contributed by atoms with E-state index in [1.165, 1.54) is 12.4 Å². The number of carbonyl (C=O) groups is 2. The summed E-state index contributed by atoms with van der Waals surface area (Å²) in [6, 6.07) is 8.77. The fraction of sp³-hybridized carbons (Fsp3) is 0.350. The summed E-state index contributed by atoms with van der Waals surface area (Å²) in [6.07, 6.45) is 4.37. The van der Waals surface area contributed by atoms with Crippen LogP contribution in [0.3, 0.4) is 0 Å². The van der Waals surface area contributed by atoms with Crippen LogP contribution >= 0.6 is 0 Å². The van der Waals surface area contributed by atoms with Gasteiger partial charge in [0.05, 0.1) is 17.9 Å². The molecule has 2 heterocycles. The molecule has 0 bridgehead atoms. The van der Waals surface area contributed by atoms with Crippen LogP contribution in [0.2, 0.25) is 0 Å². The lowest BCUT2D eigenvalue weighted by molar-refractivity contribution is -0.102. The number of rotatable bonds is 7. The van der Waals surface area contributed by atoms with E-state index in [0.29, 0.717) is 30.1 Å². The van der Waals surface area contributed by atoms with Gasteiger partial charge in [-0.1, -0.05) is 17.3 Å². The van der Waals surface area contributed by atoms with Crippen molar-refractivity contribution in [3.05, 3.63) is 47.3 Å². The maximum absolute atomic E-state index is 13.1. The molecule has 9 nitrogen and oxygen atoms in total. The first-order chi connectivity index (χ1) is 14.1. The molecule has 29 heavy (non-hydrogen) atoms. The third-order valence-electron chi connectivity index (χ3n) is 4.63. The Hall–Kier alpha value is -3.49. The van der Waals surface area contributed by atoms with Crippen molar-refractivity contribution < 1.29 is 24.3 Å². The van der Waals surface area contributed by atoms with Crippen LogP contribution in [0.4, 0.5) is 5.69 Å². The quantitative estimate of drug-likeness (QED) is 0.409. The SMILES string of the molecule is CCOC(=O)c1cc([C@@H]2CCCN(C(=O)c3ccccc3N/N=C\C=[NH2+])C2)on1. The van der Waals surface area contributed by atoms with Crippen molar-refractivity contribution in [2.45, 2.75) is 25.7 Å². The number of aromatic nitrogens is 1. The van der Waals surface area contributed by atoms with Gasteiger partial charge in [0.1, 0.15) is 12.0 Å². The van der Waals surface area contributed by atoms with E-state index in [4.69, 9.17) is 14.7 Å². The zero-order chi connectivity index (χ0) is 20.6. The standard InChI is InChI=1S/C20H23N5O4/c1-2-28-20(27)17-12-18(29-24-17)14-6-5-11-25(13-14)19(26)15-7-3-4-8-16(15)23-22-10-9-21/h3-4,7-10,12,14,21,23H,2,5-6,11,13H2,1H3/p+1/b21-9?,22-10-/t14-/m1/s1. The number of ether oxygens (including phenoxy) is 1. The van der Waals surface area contributed by atoms with Gasteiger partial charge in [-0.05, 0) is 31.9 Å². The van der Waals surface area contributed by atoms with Gasteiger partial charge in [-0.15, -0.1) is 0 Å². The summed E-state index contributed by atoms with van der Waals surface area (Å²) in [4.78, 5) is 26.7. The Morgan fingerprint density at radius 1 is 1.45 bits per heavy atom. The Balaban J connectivity index is 1.73. The largest absolute Gasteiger partial charge is 0.461 e. The number of carbonyl (C=O) groups excluding carboxylic acids is 2. The van der Waals surface area contributed by atoms with Gasteiger partial charge in [0, 0.05) is 25.1 Å². The van der Waals surface area contributed by atoms with Gasteiger partial charge in [0.2, 0.25) is 0 Å². The van der Waals surface area contributed by atoms with Crippen molar-refractivity contribution in [3.8, 4) is 0 Å². The van der Waals surface area contributed by atoms with Gasteiger partial charge in [-0.25, -0.2) is 4.79 Å². The van der Waals surface area contributed by atoms with Crippen molar-refractivity contribution >= 4 is 30.0 Å². The minimum atomic E-state index is -0.512. The molecule has 3 N–H and O–H groups in total. The Morgan fingerprint density at radius 3 is 3.07 bits per heavy atom. The molecule has 152 valence electrons. The van der Waals surface area contributed by atoms with Crippen LogP contribution in [0.5, 0.6) is 0 Å². The summed E-state index contributed by atoms with van der Waals surface area (Å²) >= 11 is 0. The maximum Gasteiger partial charge on any atom is 0.360 e. The molecule has 1 atom stereocenters. The normalized spacial score (nSPS) is 16.6. The first-order valence-electron chi connectivity index (χ1n) is 9.48. The van der Waals surface area contributed by atoms with Crippen molar-refractivity contribution in [1.29, 1.82) is 0 Å². The average molecular weight is 398 g/mol. The van der Waals surface area contributed by atoms with Gasteiger partial charge >= 0.3 is 5.97 Å². The van der Waals surface area contributed by atoms with E-state index in [0.717, 1.165) is 12.8 Å². The molecule has 1 aliphatic rings. The Labute approximate surface area is 168 Å². The first kappa shape index (κ1) is 20.2. The molecular weight excluding hydrogens is 374 g/mol. The molecule has 1 saturated heterocycles. The van der Waals surface area contributed by atoms with E-state index in [2.05, 4.69) is 15.7 Å². The lowest BCUT2D eigenvalue weighted by atomic mass is 9.94. The van der Waals surface area contributed by atoms with Crippen molar-refractivity contribution in [1.82, 2.24) is 10.1 Å². The van der Waals surface area contributed by atoms with Crippen molar-refractivity contribution in [2.75, 3.05) is 25.1 Å². The smallest absolute Gasteiger partial charge is 0.360 e. The summed E-state index contributed by atoms with van der Waals surface area (Å²) in [5.74, 6) is -0.0650. The number of hydrazone groups is 1. The highest BCUT2D eigenvalue weighted by atomic mass is 16.5. The highest BCUT2D eigenvalue weighted by Gasteiger charge is 2.29. The van der Waals surface area contributed by atoms with E-state index in [-0.39, 0.29) is 24.1 Å². The van der Waals surface area contributed by atoms with Gasteiger partial charge in [-0.3, -0.25) is 15.6 Å². The van der Waals surface area contributed by atoms with Crippen LogP contribution in [0.1, 0.15) is 52.3 Å². The number of nitrogens with zero attached hydrogens (tertiary/aromatic N) is 3. The molecule has 1 aromatic heterocycles. The van der Waals surface area contributed by atoms with Crippen molar-refractivity contribution in [3.63, 3.8) is 0 Å². The molecule has 9 heteroatoms. The third kappa shape index (κ3) is 4.87. The van der Waals surface area contributed by atoms with E-state index in [9.17, 15) is 9.59 Å². The second-order valence-electron chi connectivity index (χ2n) is 6.55. The van der Waals surface area contributed by atoms with E-state index < -0.39 is 5.97 Å². The summed E-state index contributed by atoms with van der Waals surface area (Å²) in [5, 5.41) is 13.0. The molecule has 3 rings (SSSR count). The lowest BCUT2D eigenvalue weighted by Crippen LogP contribution is -2.39. The number of amides is 1. The Morgan fingerprint density at radius 2 is 2.28 bits per heavy atom. The highest BCUT2D eigenvalue weighted by molar-refractivity contribution is 6.13. The van der Waals surface area contributed by atoms with Crippen molar-refractivity contribution in [2.24, 2.45) is 5.10 Å². The van der Waals surface area contributed by atoms with E-state index >= 15 is 0 Å². The predicted octanol–water partition coefficient (Wildman–Crippen LogP) is 1.10. The van der Waals surface area contributed by atoms with Crippen LogP contribution in [-0.2, 0) is 4.74 Å². The predicted molar refractivity (Wildman–Crippen MR) is 107 cm³/mol. The average Bonchev–Trinajstić information content (AvgIpc) is 3.25. The zero-order valence-corrected chi connectivity index (χ0v) is 16.2. The number of likely N-dealkylation sites (tertiary alicyclic amines) is 1. The molecule has 0 spiro atoms. The van der Waals surface area contributed by atoms with Gasteiger partial charge in [0.15, 0.2) is 11.9 Å². The highest BCUT2D eigenvalue weighted by Crippen LogP contribution is 2.29. The molecule has 1 amide bonds. The maximum atomic E-state index is 13.1. The molecule has 0 unspecified atom stereocenters. The van der Waals surface area contributed by atoms with Gasteiger partial charge in [0.25, 0.3) is 5.91 Å². The Kier molecular flexibility index (Phi) is 6.72. The summed E-state index contributed by atoms with van der Waals surface area (Å²) in [7, 11) is 0. The second-order valence-corrected chi connectivity index (χ2v) is 6.55. The lowest BCUT2D eigenvalue weighted by Gasteiger charge is -2.32. The third-order valence-corrected chi connectivity index (χ3v) is 4.63. The minimum absolute atomic E-state index is 0.0339. The number of benzene rings is 1. The zero-order valence-electron chi connectivity index (χ0n) is 16.2. The molecular formula is C20H24N5O4+. The van der Waals surface area contributed by atoms with Crippen LogP contribution in [0.15, 0.2) is 40.0 Å². The molecule has 0 saturated carbocycles. The molecule has 1 aromatic carbocycles. The fourth-order valence-corrected chi connectivity index (χ4v) is 3.26. The summed E-state index contributed by atoms with van der Waals surface area (Å²) in [5.41, 5.74) is 4.10. The van der Waals surface area contributed by atoms with Gasteiger partial charge < -0.3 is 14.2 Å². The van der Waals surface area contributed by atoms with Crippen LogP contribution < -0.4 is 10.8 Å².